The van der Waals surface area contributed by atoms with E-state index in [0.29, 0.717) is 6.42 Å². The number of carboxylic acids is 2. The van der Waals surface area contributed by atoms with Crippen molar-refractivity contribution in [3.05, 3.63) is 29.3 Å². The molecule has 0 aliphatic carbocycles. The Morgan fingerprint density at radius 2 is 1.80 bits per heavy atom. The van der Waals surface area contributed by atoms with Gasteiger partial charge in [0.2, 0.25) is 0 Å². The second kappa shape index (κ2) is 9.36. The molecule has 5 N–H and O–H groups in total. The fourth-order valence-electron chi connectivity index (χ4n) is 2.43. The highest BCUT2D eigenvalue weighted by atomic mass is 16.5. The van der Waals surface area contributed by atoms with Crippen LogP contribution in [0.1, 0.15) is 40.5 Å². The molecule has 25 heavy (non-hydrogen) atoms. The average molecular weight is 353 g/mol. The number of hydrogen-bond donors (Lipinski definition) is 5. The Bertz CT molecular complexity index is 602. The van der Waals surface area contributed by atoms with E-state index in [1.165, 1.54) is 18.2 Å². The molecule has 0 heterocycles. The summed E-state index contributed by atoms with van der Waals surface area (Å²) in [6.07, 6.45) is 1.41. The maximum atomic E-state index is 11.3. The van der Waals surface area contributed by atoms with Gasteiger partial charge in [-0.25, -0.2) is 9.59 Å². The maximum absolute atomic E-state index is 11.3. The van der Waals surface area contributed by atoms with E-state index in [9.17, 15) is 14.7 Å². The maximum Gasteiger partial charge on any atom is 0.339 e. The van der Waals surface area contributed by atoms with Crippen LogP contribution in [0.3, 0.4) is 0 Å². The van der Waals surface area contributed by atoms with Crippen LogP contribution in [0.25, 0.3) is 0 Å². The van der Waals surface area contributed by atoms with Crippen molar-refractivity contribution in [3.63, 3.8) is 0 Å². The van der Waals surface area contributed by atoms with Gasteiger partial charge in [0.25, 0.3) is 0 Å². The summed E-state index contributed by atoms with van der Waals surface area (Å²) in [7, 11) is 5.59. The van der Waals surface area contributed by atoms with Crippen LogP contribution in [-0.4, -0.2) is 61.6 Å². The third-order valence-corrected chi connectivity index (χ3v) is 4.35. The van der Waals surface area contributed by atoms with Gasteiger partial charge in [0.05, 0.1) is 17.8 Å². The first-order chi connectivity index (χ1) is 11.8. The Morgan fingerprint density at radius 3 is 2.28 bits per heavy atom. The fraction of sp³-hybridized carbons (Fsp3) is 0.529. The molecule has 140 valence electrons. The Kier molecular flexibility index (Phi) is 7.82. The highest BCUT2D eigenvalue weighted by molar-refractivity contribution is 5.94. The lowest BCUT2D eigenvalue weighted by atomic mass is 10.00. The molecule has 8 nitrogen and oxygen atoms in total. The van der Waals surface area contributed by atoms with E-state index >= 15 is 0 Å². The molecule has 1 aromatic rings. The zero-order chi connectivity index (χ0) is 19.0. The SMILES string of the molecule is CNC(CCOc1cc(C(=O)O)ccc1C(=O)O)CC(C)(NC)NC. The molecular weight excluding hydrogens is 326 g/mol. The number of rotatable bonds is 11. The monoisotopic (exact) mass is 353 g/mol. The second-order valence-electron chi connectivity index (χ2n) is 5.98. The summed E-state index contributed by atoms with van der Waals surface area (Å²) in [4.78, 5) is 22.3. The Labute approximate surface area is 147 Å². The number of nitrogens with one attached hydrogen (secondary N) is 3. The number of benzene rings is 1. The molecule has 1 unspecified atom stereocenters. The van der Waals surface area contributed by atoms with Crippen molar-refractivity contribution < 1.29 is 24.5 Å². The Morgan fingerprint density at radius 1 is 1.16 bits per heavy atom. The second-order valence-corrected chi connectivity index (χ2v) is 5.98. The molecule has 0 saturated carbocycles. The predicted octanol–water partition coefficient (Wildman–Crippen LogP) is 0.985. The van der Waals surface area contributed by atoms with Crippen molar-refractivity contribution in [3.8, 4) is 5.75 Å². The largest absolute Gasteiger partial charge is 0.493 e. The summed E-state index contributed by atoms with van der Waals surface area (Å²) in [5.74, 6) is -2.23. The van der Waals surface area contributed by atoms with E-state index in [0.717, 1.165) is 6.42 Å². The van der Waals surface area contributed by atoms with Gasteiger partial charge in [0.15, 0.2) is 0 Å². The van der Waals surface area contributed by atoms with Gasteiger partial charge in [-0.2, -0.15) is 0 Å². The average Bonchev–Trinajstić information content (AvgIpc) is 2.60. The van der Waals surface area contributed by atoms with Gasteiger partial charge in [-0.15, -0.1) is 0 Å². The molecule has 1 aromatic carbocycles. The first-order valence-corrected chi connectivity index (χ1v) is 8.05. The normalized spacial score (nSPS) is 12.6. The van der Waals surface area contributed by atoms with Gasteiger partial charge in [0, 0.05) is 6.04 Å². The van der Waals surface area contributed by atoms with Crippen molar-refractivity contribution in [2.24, 2.45) is 0 Å². The minimum Gasteiger partial charge on any atom is -0.493 e. The van der Waals surface area contributed by atoms with Gasteiger partial charge < -0.3 is 30.9 Å². The standard InChI is InChI=1S/C17H27N3O5/c1-17(19-3,20-4)10-12(18-2)7-8-25-14-9-11(15(21)22)5-6-13(14)16(23)24/h5-6,9,12,18-20H,7-8,10H2,1-4H3,(H,21,22)(H,23,24). The third-order valence-electron chi connectivity index (χ3n) is 4.35. The van der Waals surface area contributed by atoms with Crippen molar-refractivity contribution in [2.45, 2.75) is 31.5 Å². The van der Waals surface area contributed by atoms with Crippen LogP contribution in [0, 0.1) is 0 Å². The zero-order valence-electron chi connectivity index (χ0n) is 15.0. The van der Waals surface area contributed by atoms with Gasteiger partial charge >= 0.3 is 11.9 Å². The summed E-state index contributed by atoms with van der Waals surface area (Å²) in [6.45, 7) is 2.30. The molecule has 0 fully saturated rings. The molecule has 0 amide bonds. The first kappa shape index (κ1) is 20.9. The number of ether oxygens (including phenoxy) is 1. The number of carbonyl (C=O) groups is 2. The Balaban J connectivity index is 2.77. The first-order valence-electron chi connectivity index (χ1n) is 8.05. The summed E-state index contributed by atoms with van der Waals surface area (Å²) in [5.41, 5.74) is -0.312. The Hall–Kier alpha value is -2.16. The molecule has 0 spiro atoms. The summed E-state index contributed by atoms with van der Waals surface area (Å²) in [5, 5.41) is 27.9. The van der Waals surface area contributed by atoms with Crippen molar-refractivity contribution in [1.82, 2.24) is 16.0 Å². The van der Waals surface area contributed by atoms with Gasteiger partial charge in [-0.1, -0.05) is 0 Å². The zero-order valence-corrected chi connectivity index (χ0v) is 15.0. The van der Waals surface area contributed by atoms with E-state index in [1.54, 1.807) is 0 Å². The molecule has 0 aliphatic rings. The minimum absolute atomic E-state index is 0.0110. The van der Waals surface area contributed by atoms with Gasteiger partial charge in [-0.3, -0.25) is 0 Å². The lowest BCUT2D eigenvalue weighted by Crippen LogP contribution is -2.54. The van der Waals surface area contributed by atoms with E-state index in [1.807, 2.05) is 28.1 Å². The van der Waals surface area contributed by atoms with Crippen molar-refractivity contribution >= 4 is 11.9 Å². The van der Waals surface area contributed by atoms with E-state index in [4.69, 9.17) is 9.84 Å². The van der Waals surface area contributed by atoms with E-state index < -0.39 is 11.9 Å². The highest BCUT2D eigenvalue weighted by Crippen LogP contribution is 2.21. The molecule has 8 heteroatoms. The molecule has 0 bridgehead atoms. The molecule has 0 saturated heterocycles. The topological polar surface area (TPSA) is 120 Å². The van der Waals surface area contributed by atoms with Crippen LogP contribution in [-0.2, 0) is 0 Å². The molecule has 0 radical (unpaired) electrons. The lowest BCUT2D eigenvalue weighted by Gasteiger charge is -2.33. The highest BCUT2D eigenvalue weighted by Gasteiger charge is 2.24. The number of hydrogen-bond acceptors (Lipinski definition) is 6. The third kappa shape index (κ3) is 6.00. The van der Waals surface area contributed by atoms with E-state index in [2.05, 4.69) is 16.0 Å². The van der Waals surface area contributed by atoms with Crippen molar-refractivity contribution in [1.29, 1.82) is 0 Å². The molecule has 1 atom stereocenters. The summed E-state index contributed by atoms with van der Waals surface area (Å²) < 4.78 is 5.58. The van der Waals surface area contributed by atoms with Crippen LogP contribution in [0.2, 0.25) is 0 Å². The summed E-state index contributed by atoms with van der Waals surface area (Å²) >= 11 is 0. The fourth-order valence-corrected chi connectivity index (χ4v) is 2.43. The number of carboxylic acid groups (broad SMARTS) is 2. The molecular formula is C17H27N3O5. The minimum atomic E-state index is -1.16. The predicted molar refractivity (Wildman–Crippen MR) is 94.5 cm³/mol. The van der Waals surface area contributed by atoms with Crippen LogP contribution >= 0.6 is 0 Å². The van der Waals surface area contributed by atoms with Crippen LogP contribution in [0.4, 0.5) is 0 Å². The molecule has 0 aromatic heterocycles. The van der Waals surface area contributed by atoms with Gasteiger partial charge in [-0.05, 0) is 59.1 Å². The van der Waals surface area contributed by atoms with Crippen molar-refractivity contribution in [2.75, 3.05) is 27.7 Å². The lowest BCUT2D eigenvalue weighted by molar-refractivity contribution is 0.0676. The van der Waals surface area contributed by atoms with E-state index in [-0.39, 0.29) is 35.2 Å². The smallest absolute Gasteiger partial charge is 0.339 e. The molecule has 0 aliphatic heterocycles. The molecule has 1 rings (SSSR count). The van der Waals surface area contributed by atoms with Crippen LogP contribution in [0.15, 0.2) is 18.2 Å². The van der Waals surface area contributed by atoms with Crippen LogP contribution < -0.4 is 20.7 Å². The number of aromatic carboxylic acids is 2. The van der Waals surface area contributed by atoms with Crippen LogP contribution in [0.5, 0.6) is 5.75 Å². The summed E-state index contributed by atoms with van der Waals surface area (Å²) in [6, 6.07) is 3.86. The van der Waals surface area contributed by atoms with Gasteiger partial charge in [0.1, 0.15) is 11.3 Å². The quantitative estimate of drug-likeness (QED) is 0.374.